The summed E-state index contributed by atoms with van der Waals surface area (Å²) < 4.78 is 15.9. The Balaban J connectivity index is 1.30. The fourth-order valence-electron chi connectivity index (χ4n) is 10.5. The van der Waals surface area contributed by atoms with Crippen LogP contribution < -0.4 is 19.3 Å². The van der Waals surface area contributed by atoms with Crippen LogP contribution in [0.3, 0.4) is 0 Å². The Kier molecular flexibility index (Phi) is 11.0. The molecule has 2 heterocycles. The molecule has 0 aliphatic heterocycles. The minimum absolute atomic E-state index is 0.724. The zero-order valence-corrected chi connectivity index (χ0v) is 38.3. The van der Waals surface area contributed by atoms with Crippen LogP contribution in [0, 0.1) is 0 Å². The maximum absolute atomic E-state index is 5.57. The van der Waals surface area contributed by atoms with Gasteiger partial charge in [-0.05, 0) is 159 Å². The summed E-state index contributed by atoms with van der Waals surface area (Å²) in [5, 5.41) is 4.83. The zero-order valence-electron chi connectivity index (χ0n) is 38.3. The number of hydrogen-bond acceptors (Lipinski definition) is 4. The quantitative estimate of drug-likeness (QED) is 0.102. The van der Waals surface area contributed by atoms with Gasteiger partial charge in [-0.3, -0.25) is 0 Å². The molecule has 0 amide bonds. The summed E-state index contributed by atoms with van der Waals surface area (Å²) in [7, 11) is 3.43. The molecule has 0 unspecified atom stereocenters. The van der Waals surface area contributed by atoms with E-state index in [-0.39, 0.29) is 0 Å². The van der Waals surface area contributed by atoms with Crippen molar-refractivity contribution in [3.63, 3.8) is 0 Å². The lowest BCUT2D eigenvalue weighted by atomic mass is 9.64. The molecule has 2 aromatic heterocycles. The Morgan fingerprint density at radius 1 is 0.369 bits per heavy atom. The normalized spacial score (nSPS) is 11.8. The van der Waals surface area contributed by atoms with Crippen molar-refractivity contribution in [3.05, 3.63) is 204 Å². The Morgan fingerprint density at radius 2 is 0.708 bits per heavy atom. The lowest BCUT2D eigenvalue weighted by Gasteiger charge is -2.38. The van der Waals surface area contributed by atoms with Gasteiger partial charge in [-0.1, -0.05) is 72.8 Å². The van der Waals surface area contributed by atoms with Crippen molar-refractivity contribution < 1.29 is 9.47 Å². The van der Waals surface area contributed by atoms with E-state index in [1.807, 2.05) is 24.3 Å². The SMILES string of the molecule is CCN(CC)c1ccc(C(c2ccc(N(CC)CC)cc2)(c2ccc3c(c2)c2ccccc2n3-c2ccc(OC)cc2)c2ccc3c(c2)c2ccccc2n3-c2ccc(OC)cc2)cc1. The summed E-state index contributed by atoms with van der Waals surface area (Å²) in [5.41, 5.74) is 13.4. The van der Waals surface area contributed by atoms with Gasteiger partial charge in [0, 0.05) is 70.5 Å². The van der Waals surface area contributed by atoms with Crippen LogP contribution in [0.25, 0.3) is 55.0 Å². The first-order valence-electron chi connectivity index (χ1n) is 23.0. The first-order valence-corrected chi connectivity index (χ1v) is 23.0. The van der Waals surface area contributed by atoms with E-state index >= 15 is 0 Å². The second-order valence-corrected chi connectivity index (χ2v) is 16.8. The van der Waals surface area contributed by atoms with Gasteiger partial charge in [-0.2, -0.15) is 0 Å². The van der Waals surface area contributed by atoms with Crippen molar-refractivity contribution in [2.24, 2.45) is 0 Å². The van der Waals surface area contributed by atoms with E-state index in [1.54, 1.807) is 14.2 Å². The first kappa shape index (κ1) is 41.6. The molecule has 8 aromatic carbocycles. The largest absolute Gasteiger partial charge is 0.497 e. The lowest BCUT2D eigenvalue weighted by Crippen LogP contribution is -2.31. The number of methoxy groups -OCH3 is 2. The molecule has 0 spiro atoms. The second-order valence-electron chi connectivity index (χ2n) is 16.8. The molecule has 0 aliphatic rings. The van der Waals surface area contributed by atoms with Gasteiger partial charge >= 0.3 is 0 Å². The highest BCUT2D eigenvalue weighted by Gasteiger charge is 2.40. The summed E-state index contributed by atoms with van der Waals surface area (Å²) in [6.07, 6.45) is 0. The topological polar surface area (TPSA) is 34.8 Å². The third-order valence-electron chi connectivity index (χ3n) is 13.7. The van der Waals surface area contributed by atoms with Gasteiger partial charge in [0.15, 0.2) is 0 Å². The van der Waals surface area contributed by atoms with E-state index in [0.29, 0.717) is 0 Å². The molecule has 6 heteroatoms. The third kappa shape index (κ3) is 6.87. The maximum atomic E-state index is 5.57. The van der Waals surface area contributed by atoms with Crippen molar-refractivity contribution >= 4 is 55.0 Å². The van der Waals surface area contributed by atoms with Crippen LogP contribution in [-0.2, 0) is 5.41 Å². The van der Waals surface area contributed by atoms with Crippen LogP contribution in [0.1, 0.15) is 49.9 Å². The fraction of sp³-hybridized carbons (Fsp3) is 0.186. The highest BCUT2D eigenvalue weighted by Crippen LogP contribution is 2.49. The molecule has 0 saturated carbocycles. The number of benzene rings is 8. The Hall–Kier alpha value is -7.44. The van der Waals surface area contributed by atoms with Crippen LogP contribution in [0.2, 0.25) is 0 Å². The second kappa shape index (κ2) is 17.3. The number of fused-ring (bicyclic) bond motifs is 6. The summed E-state index contributed by atoms with van der Waals surface area (Å²) >= 11 is 0. The Bertz CT molecular complexity index is 3040. The Morgan fingerprint density at radius 3 is 1.06 bits per heavy atom. The van der Waals surface area contributed by atoms with E-state index in [4.69, 9.17) is 9.47 Å². The lowest BCUT2D eigenvalue weighted by molar-refractivity contribution is 0.414. The molecule has 0 radical (unpaired) electrons. The van der Waals surface area contributed by atoms with Crippen molar-refractivity contribution in [2.45, 2.75) is 33.1 Å². The molecule has 0 bridgehead atoms. The minimum atomic E-state index is -0.724. The maximum Gasteiger partial charge on any atom is 0.119 e. The summed E-state index contributed by atoms with van der Waals surface area (Å²) in [6, 6.07) is 67.5. The van der Waals surface area contributed by atoms with Gasteiger partial charge in [-0.25, -0.2) is 0 Å². The van der Waals surface area contributed by atoms with Crippen molar-refractivity contribution in [2.75, 3.05) is 50.2 Å². The number of aromatic nitrogens is 2. The third-order valence-corrected chi connectivity index (χ3v) is 13.7. The van der Waals surface area contributed by atoms with Crippen LogP contribution in [0.4, 0.5) is 11.4 Å². The molecule has 0 fully saturated rings. The van der Waals surface area contributed by atoms with E-state index in [1.165, 1.54) is 55.2 Å². The number of nitrogens with zero attached hydrogens (tertiary/aromatic N) is 4. The first-order chi connectivity index (χ1) is 31.9. The highest BCUT2D eigenvalue weighted by atomic mass is 16.5. The Labute approximate surface area is 382 Å². The van der Waals surface area contributed by atoms with Gasteiger partial charge in [0.05, 0.1) is 41.7 Å². The molecular formula is C59H56N4O2. The van der Waals surface area contributed by atoms with E-state index in [9.17, 15) is 0 Å². The summed E-state index contributed by atoms with van der Waals surface area (Å²) in [6.45, 7) is 12.7. The molecule has 10 aromatic rings. The van der Waals surface area contributed by atoms with Gasteiger partial charge in [0.2, 0.25) is 0 Å². The zero-order chi connectivity index (χ0) is 44.7. The average Bonchev–Trinajstić information content (AvgIpc) is 3.88. The van der Waals surface area contributed by atoms with Gasteiger partial charge < -0.3 is 28.4 Å². The molecule has 0 aliphatic carbocycles. The molecule has 0 saturated heterocycles. The number of rotatable bonds is 14. The number of ether oxygens (including phenoxy) is 2. The monoisotopic (exact) mass is 852 g/mol. The highest BCUT2D eigenvalue weighted by molar-refractivity contribution is 6.11. The fourth-order valence-corrected chi connectivity index (χ4v) is 10.5. The standard InChI is InChI=1S/C59H56N4O2/c1-7-60(8-2)45-25-19-41(20-26-45)59(42-21-27-46(28-22-42)61(9-3)10-4,43-23-37-57-53(39-43)51-15-11-13-17-55(51)62(57)47-29-33-49(64-5)34-30-47)44-24-38-58-54(40-44)52-16-12-14-18-56(52)63(58)48-31-35-50(65-6)36-32-48/h11-40H,7-10H2,1-6H3. The molecule has 65 heavy (non-hydrogen) atoms. The number of anilines is 2. The molecule has 324 valence electrons. The minimum Gasteiger partial charge on any atom is -0.497 e. The van der Waals surface area contributed by atoms with Gasteiger partial charge in [0.1, 0.15) is 11.5 Å². The van der Waals surface area contributed by atoms with Crippen LogP contribution in [-0.4, -0.2) is 49.5 Å². The molecular weight excluding hydrogens is 797 g/mol. The summed E-state index contributed by atoms with van der Waals surface area (Å²) in [5.74, 6) is 1.68. The van der Waals surface area contributed by atoms with E-state index in [0.717, 1.165) is 71.1 Å². The molecule has 0 N–H and O–H groups in total. The van der Waals surface area contributed by atoms with Crippen molar-refractivity contribution in [1.82, 2.24) is 9.13 Å². The predicted octanol–water partition coefficient (Wildman–Crippen LogP) is 14.0. The van der Waals surface area contributed by atoms with Crippen molar-refractivity contribution in [1.29, 1.82) is 0 Å². The van der Waals surface area contributed by atoms with Gasteiger partial charge in [0.25, 0.3) is 0 Å². The average molecular weight is 853 g/mol. The number of para-hydroxylation sites is 2. The number of hydrogen-bond donors (Lipinski definition) is 0. The summed E-state index contributed by atoms with van der Waals surface area (Å²) in [4.78, 5) is 4.84. The van der Waals surface area contributed by atoms with E-state index in [2.05, 4.69) is 204 Å². The smallest absolute Gasteiger partial charge is 0.119 e. The van der Waals surface area contributed by atoms with Gasteiger partial charge in [-0.15, -0.1) is 0 Å². The van der Waals surface area contributed by atoms with E-state index < -0.39 is 5.41 Å². The van der Waals surface area contributed by atoms with Crippen molar-refractivity contribution in [3.8, 4) is 22.9 Å². The van der Waals surface area contributed by atoms with Crippen LogP contribution in [0.15, 0.2) is 182 Å². The van der Waals surface area contributed by atoms with Crippen LogP contribution in [0.5, 0.6) is 11.5 Å². The predicted molar refractivity (Wildman–Crippen MR) is 274 cm³/mol. The molecule has 10 rings (SSSR count). The molecule has 0 atom stereocenters. The van der Waals surface area contributed by atoms with Crippen LogP contribution >= 0.6 is 0 Å². The molecule has 6 nitrogen and oxygen atoms in total.